The molecule has 104 valence electrons. The van der Waals surface area contributed by atoms with E-state index in [0.29, 0.717) is 6.07 Å². The van der Waals surface area contributed by atoms with E-state index >= 15 is 0 Å². The van der Waals surface area contributed by atoms with Gasteiger partial charge in [0.05, 0.1) is 5.69 Å². The molecule has 7 heteroatoms. The Labute approximate surface area is 111 Å². The van der Waals surface area contributed by atoms with Crippen LogP contribution in [0, 0.1) is 17.5 Å². The molecule has 0 radical (unpaired) electrons. The highest BCUT2D eigenvalue weighted by molar-refractivity contribution is 6.08. The molecule has 20 heavy (non-hydrogen) atoms. The number of phenolic OH excluding ortho intramolecular Hbond substituents is 2. The number of carbonyl (C=O) groups is 1. The topological polar surface area (TPSA) is 69.6 Å². The average molecular weight is 283 g/mol. The molecule has 0 unspecified atom stereocenters. The number of halogens is 3. The molecule has 0 atom stereocenters. The van der Waals surface area contributed by atoms with Crippen molar-refractivity contribution in [2.45, 2.75) is 0 Å². The Hall–Kier alpha value is -2.70. The van der Waals surface area contributed by atoms with E-state index in [9.17, 15) is 28.2 Å². The first-order valence-corrected chi connectivity index (χ1v) is 5.37. The minimum absolute atomic E-state index is 0.503. The Morgan fingerprint density at radius 2 is 1.55 bits per heavy atom. The summed E-state index contributed by atoms with van der Waals surface area (Å²) in [7, 11) is 0. The highest BCUT2D eigenvalue weighted by Gasteiger charge is 2.20. The molecule has 2 aromatic rings. The van der Waals surface area contributed by atoms with Crippen LogP contribution < -0.4 is 5.32 Å². The lowest BCUT2D eigenvalue weighted by Gasteiger charge is -2.09. The minimum Gasteiger partial charge on any atom is -0.507 e. The van der Waals surface area contributed by atoms with Crippen molar-refractivity contribution in [3.05, 3.63) is 53.3 Å². The van der Waals surface area contributed by atoms with Crippen LogP contribution in [0.3, 0.4) is 0 Å². The molecule has 1 amide bonds. The van der Waals surface area contributed by atoms with E-state index in [0.717, 1.165) is 18.2 Å². The standard InChI is InChI=1S/C13H8F3NO3/c14-6-4-5-7(12(16)11(6)15)17-13(20)10-8(18)2-1-3-9(10)19/h1-5,18-19H,(H,17,20). The van der Waals surface area contributed by atoms with Gasteiger partial charge in [-0.25, -0.2) is 13.2 Å². The monoisotopic (exact) mass is 283 g/mol. The SMILES string of the molecule is O=C(Nc1ccc(F)c(F)c1F)c1c(O)cccc1O. The van der Waals surface area contributed by atoms with Crippen LogP contribution in [0.1, 0.15) is 10.4 Å². The molecule has 2 aromatic carbocycles. The molecule has 4 nitrogen and oxygen atoms in total. The van der Waals surface area contributed by atoms with Crippen LogP contribution in [0.4, 0.5) is 18.9 Å². The molecule has 3 N–H and O–H groups in total. The molecule has 0 aliphatic rings. The van der Waals surface area contributed by atoms with Crippen LogP contribution in [0.5, 0.6) is 11.5 Å². The second-order valence-corrected chi connectivity index (χ2v) is 3.85. The maximum atomic E-state index is 13.4. The van der Waals surface area contributed by atoms with E-state index in [2.05, 4.69) is 0 Å². The number of aromatic hydroxyl groups is 2. The number of benzene rings is 2. The van der Waals surface area contributed by atoms with Crippen molar-refractivity contribution in [2.24, 2.45) is 0 Å². The summed E-state index contributed by atoms with van der Waals surface area (Å²) in [4.78, 5) is 11.8. The fourth-order valence-electron chi connectivity index (χ4n) is 1.57. The molecule has 0 heterocycles. The lowest BCUT2D eigenvalue weighted by molar-refractivity contribution is 0.102. The number of rotatable bonds is 2. The van der Waals surface area contributed by atoms with Crippen molar-refractivity contribution in [3.63, 3.8) is 0 Å². The maximum Gasteiger partial charge on any atom is 0.263 e. The molecular formula is C13H8F3NO3. The second kappa shape index (κ2) is 5.12. The molecule has 0 aromatic heterocycles. The molecule has 0 fully saturated rings. The van der Waals surface area contributed by atoms with Crippen molar-refractivity contribution < 1.29 is 28.2 Å². The summed E-state index contributed by atoms with van der Waals surface area (Å²) < 4.78 is 39.1. The molecule has 0 aliphatic carbocycles. The van der Waals surface area contributed by atoms with Crippen LogP contribution in [-0.2, 0) is 0 Å². The van der Waals surface area contributed by atoms with Gasteiger partial charge in [-0.3, -0.25) is 4.79 Å². The van der Waals surface area contributed by atoms with Gasteiger partial charge < -0.3 is 15.5 Å². The first-order chi connectivity index (χ1) is 9.41. The predicted octanol–water partition coefficient (Wildman–Crippen LogP) is 2.77. The zero-order chi connectivity index (χ0) is 14.9. The number of anilines is 1. The van der Waals surface area contributed by atoms with Crippen molar-refractivity contribution in [3.8, 4) is 11.5 Å². The smallest absolute Gasteiger partial charge is 0.263 e. The molecule has 0 spiro atoms. The molecule has 2 rings (SSSR count). The number of hydrogen-bond donors (Lipinski definition) is 3. The first-order valence-electron chi connectivity index (χ1n) is 5.37. The average Bonchev–Trinajstić information content (AvgIpc) is 2.39. The molecule has 0 saturated carbocycles. The van der Waals surface area contributed by atoms with Gasteiger partial charge in [-0.1, -0.05) is 6.07 Å². The summed E-state index contributed by atoms with van der Waals surface area (Å²) >= 11 is 0. The van der Waals surface area contributed by atoms with Crippen LogP contribution >= 0.6 is 0 Å². The summed E-state index contributed by atoms with van der Waals surface area (Å²) in [6, 6.07) is 5.02. The Bertz CT molecular complexity index is 669. The van der Waals surface area contributed by atoms with E-state index in [1.54, 1.807) is 0 Å². The normalized spacial score (nSPS) is 10.3. The van der Waals surface area contributed by atoms with E-state index in [1.165, 1.54) is 6.07 Å². The Kier molecular flexibility index (Phi) is 3.51. The highest BCUT2D eigenvalue weighted by Crippen LogP contribution is 2.28. The fraction of sp³-hybridized carbons (Fsp3) is 0. The number of phenols is 2. The third kappa shape index (κ3) is 2.37. The van der Waals surface area contributed by atoms with Gasteiger partial charge >= 0.3 is 0 Å². The van der Waals surface area contributed by atoms with Crippen LogP contribution in [0.2, 0.25) is 0 Å². The summed E-state index contributed by atoms with van der Waals surface area (Å²) in [5, 5.41) is 20.9. The summed E-state index contributed by atoms with van der Waals surface area (Å²) in [5.74, 6) is -6.84. The van der Waals surface area contributed by atoms with Gasteiger partial charge in [-0.15, -0.1) is 0 Å². The molecule has 0 saturated heterocycles. The third-order valence-corrected chi connectivity index (χ3v) is 2.53. The van der Waals surface area contributed by atoms with E-state index in [4.69, 9.17) is 0 Å². The van der Waals surface area contributed by atoms with Crippen LogP contribution in [-0.4, -0.2) is 16.1 Å². The summed E-state index contributed by atoms with van der Waals surface area (Å²) in [6.45, 7) is 0. The van der Waals surface area contributed by atoms with Gasteiger partial charge in [0, 0.05) is 0 Å². The lowest BCUT2D eigenvalue weighted by Crippen LogP contribution is -2.14. The Morgan fingerprint density at radius 1 is 0.950 bits per heavy atom. The largest absolute Gasteiger partial charge is 0.507 e. The highest BCUT2D eigenvalue weighted by atomic mass is 19.2. The quantitative estimate of drug-likeness (QED) is 0.742. The zero-order valence-electron chi connectivity index (χ0n) is 9.82. The van der Waals surface area contributed by atoms with E-state index in [1.807, 2.05) is 5.32 Å². The number of hydrogen-bond acceptors (Lipinski definition) is 3. The number of carbonyl (C=O) groups excluding carboxylic acids is 1. The van der Waals surface area contributed by atoms with Crippen molar-refractivity contribution in [1.29, 1.82) is 0 Å². The van der Waals surface area contributed by atoms with E-state index in [-0.39, 0.29) is 0 Å². The summed E-state index contributed by atoms with van der Waals surface area (Å²) in [5.41, 5.74) is -1.12. The zero-order valence-corrected chi connectivity index (χ0v) is 9.82. The maximum absolute atomic E-state index is 13.4. The van der Waals surface area contributed by atoms with Gasteiger partial charge in [0.2, 0.25) is 0 Å². The minimum atomic E-state index is -1.73. The molecule has 0 aliphatic heterocycles. The second-order valence-electron chi connectivity index (χ2n) is 3.85. The van der Waals surface area contributed by atoms with Gasteiger partial charge in [0.1, 0.15) is 17.1 Å². The Morgan fingerprint density at radius 3 is 2.15 bits per heavy atom. The molecular weight excluding hydrogens is 275 g/mol. The molecule has 0 bridgehead atoms. The van der Waals surface area contributed by atoms with Gasteiger partial charge in [-0.05, 0) is 24.3 Å². The predicted molar refractivity (Wildman–Crippen MR) is 64.0 cm³/mol. The fourth-order valence-corrected chi connectivity index (χ4v) is 1.57. The van der Waals surface area contributed by atoms with Crippen molar-refractivity contribution in [1.82, 2.24) is 0 Å². The van der Waals surface area contributed by atoms with Gasteiger partial charge in [0.25, 0.3) is 5.91 Å². The van der Waals surface area contributed by atoms with Crippen LogP contribution in [0.25, 0.3) is 0 Å². The number of amides is 1. The number of nitrogens with one attached hydrogen (secondary N) is 1. The lowest BCUT2D eigenvalue weighted by atomic mass is 10.1. The first kappa shape index (κ1) is 13.7. The van der Waals surface area contributed by atoms with Gasteiger partial charge in [-0.2, -0.15) is 0 Å². The van der Waals surface area contributed by atoms with Crippen LogP contribution in [0.15, 0.2) is 30.3 Å². The van der Waals surface area contributed by atoms with Crippen molar-refractivity contribution >= 4 is 11.6 Å². The van der Waals surface area contributed by atoms with Crippen molar-refractivity contribution in [2.75, 3.05) is 5.32 Å². The summed E-state index contributed by atoms with van der Waals surface area (Å²) in [6.07, 6.45) is 0. The van der Waals surface area contributed by atoms with E-state index < -0.39 is 46.1 Å². The van der Waals surface area contributed by atoms with Gasteiger partial charge in [0.15, 0.2) is 17.5 Å². The Balaban J connectivity index is 2.36. The third-order valence-electron chi connectivity index (χ3n) is 2.53.